The smallest absolute Gasteiger partial charge is 0.204 e. The lowest BCUT2D eigenvalue weighted by atomic mass is 10.1. The normalized spacial score (nSPS) is 10.3. The number of carbonyl (C=O) groups is 1. The van der Waals surface area contributed by atoms with Gasteiger partial charge < -0.3 is 0 Å². The molecule has 2 rings (SSSR count). The minimum Gasteiger partial charge on any atom is -0.288 e. The lowest BCUT2D eigenvalue weighted by Crippen LogP contribution is -1.99. The van der Waals surface area contributed by atoms with Crippen LogP contribution < -0.4 is 0 Å². The Bertz CT molecular complexity index is 491. The summed E-state index contributed by atoms with van der Waals surface area (Å²) in [6.45, 7) is 0. The van der Waals surface area contributed by atoms with E-state index in [2.05, 4.69) is 31.9 Å². The third-order valence-electron chi connectivity index (χ3n) is 1.92. The molecule has 0 radical (unpaired) electrons. The SMILES string of the molecule is O=C(c1cccs1)c1cc(Br)ccc1Br. The predicted molar refractivity (Wildman–Crippen MR) is 69.6 cm³/mol. The first-order chi connectivity index (χ1) is 7.18. The summed E-state index contributed by atoms with van der Waals surface area (Å²) in [7, 11) is 0. The van der Waals surface area contributed by atoms with Gasteiger partial charge in [-0.15, -0.1) is 11.3 Å². The average molecular weight is 346 g/mol. The van der Waals surface area contributed by atoms with Gasteiger partial charge in [-0.1, -0.05) is 37.9 Å². The third-order valence-corrected chi connectivity index (χ3v) is 3.97. The number of benzene rings is 1. The second-order valence-corrected chi connectivity index (χ2v) is 5.65. The Hall–Kier alpha value is -0.450. The summed E-state index contributed by atoms with van der Waals surface area (Å²) >= 11 is 8.19. The third kappa shape index (κ3) is 2.38. The molecule has 1 nitrogen and oxygen atoms in total. The van der Waals surface area contributed by atoms with Gasteiger partial charge in [-0.25, -0.2) is 0 Å². The van der Waals surface area contributed by atoms with E-state index in [0.717, 1.165) is 13.8 Å². The minimum absolute atomic E-state index is 0.0539. The molecule has 0 aliphatic heterocycles. The Labute approximate surface area is 108 Å². The number of hydrogen-bond donors (Lipinski definition) is 0. The molecule has 0 saturated carbocycles. The van der Waals surface area contributed by atoms with Crippen LogP contribution in [0.4, 0.5) is 0 Å². The van der Waals surface area contributed by atoms with E-state index in [1.807, 2.05) is 35.7 Å². The van der Waals surface area contributed by atoms with Crippen LogP contribution in [0.5, 0.6) is 0 Å². The molecular weight excluding hydrogens is 340 g/mol. The standard InChI is InChI=1S/C11H6Br2OS/c12-7-3-4-9(13)8(6-7)11(14)10-2-1-5-15-10/h1-6H. The van der Waals surface area contributed by atoms with Gasteiger partial charge in [0.2, 0.25) is 5.78 Å². The molecule has 0 amide bonds. The highest BCUT2D eigenvalue weighted by Crippen LogP contribution is 2.25. The zero-order valence-corrected chi connectivity index (χ0v) is 11.5. The second kappa shape index (κ2) is 4.60. The molecule has 76 valence electrons. The zero-order chi connectivity index (χ0) is 10.8. The van der Waals surface area contributed by atoms with E-state index in [1.165, 1.54) is 11.3 Å². The van der Waals surface area contributed by atoms with Gasteiger partial charge in [0, 0.05) is 14.5 Å². The van der Waals surface area contributed by atoms with E-state index < -0.39 is 0 Å². The van der Waals surface area contributed by atoms with E-state index in [-0.39, 0.29) is 5.78 Å². The Morgan fingerprint density at radius 2 is 2.00 bits per heavy atom. The van der Waals surface area contributed by atoms with Crippen molar-refractivity contribution in [2.45, 2.75) is 0 Å². The van der Waals surface area contributed by atoms with E-state index in [1.54, 1.807) is 0 Å². The van der Waals surface area contributed by atoms with Crippen LogP contribution in [0.1, 0.15) is 15.2 Å². The van der Waals surface area contributed by atoms with Gasteiger partial charge in [0.25, 0.3) is 0 Å². The van der Waals surface area contributed by atoms with Crippen LogP contribution in [0.2, 0.25) is 0 Å². The highest BCUT2D eigenvalue weighted by atomic mass is 79.9. The van der Waals surface area contributed by atoms with Crippen molar-refractivity contribution in [3.05, 3.63) is 55.1 Å². The fourth-order valence-electron chi connectivity index (χ4n) is 1.21. The number of carbonyl (C=O) groups excluding carboxylic acids is 1. The van der Waals surface area contributed by atoms with Gasteiger partial charge in [-0.3, -0.25) is 4.79 Å². The molecular formula is C11H6Br2OS. The number of hydrogen-bond acceptors (Lipinski definition) is 2. The van der Waals surface area contributed by atoms with Crippen molar-refractivity contribution in [1.82, 2.24) is 0 Å². The summed E-state index contributed by atoms with van der Waals surface area (Å²) in [4.78, 5) is 12.8. The van der Waals surface area contributed by atoms with Crippen molar-refractivity contribution in [3.8, 4) is 0 Å². The fourth-order valence-corrected chi connectivity index (χ4v) is 2.68. The topological polar surface area (TPSA) is 17.1 Å². The van der Waals surface area contributed by atoms with Gasteiger partial charge in [0.1, 0.15) is 0 Å². The van der Waals surface area contributed by atoms with Crippen molar-refractivity contribution in [2.75, 3.05) is 0 Å². The highest BCUT2D eigenvalue weighted by molar-refractivity contribution is 9.11. The molecule has 0 aliphatic rings. The van der Waals surface area contributed by atoms with Crippen LogP contribution in [0, 0.1) is 0 Å². The van der Waals surface area contributed by atoms with Crippen LogP contribution in [0.3, 0.4) is 0 Å². The summed E-state index contributed by atoms with van der Waals surface area (Å²) in [5.74, 6) is 0.0539. The fraction of sp³-hybridized carbons (Fsp3) is 0. The summed E-state index contributed by atoms with van der Waals surface area (Å²) < 4.78 is 1.73. The molecule has 0 unspecified atom stereocenters. The molecule has 0 atom stereocenters. The first-order valence-electron chi connectivity index (χ1n) is 4.22. The maximum atomic E-state index is 12.0. The van der Waals surface area contributed by atoms with Crippen LogP contribution in [0.25, 0.3) is 0 Å². The van der Waals surface area contributed by atoms with Crippen molar-refractivity contribution in [3.63, 3.8) is 0 Å². The van der Waals surface area contributed by atoms with Gasteiger partial charge in [0.05, 0.1) is 4.88 Å². The van der Waals surface area contributed by atoms with E-state index in [4.69, 9.17) is 0 Å². The molecule has 0 spiro atoms. The molecule has 4 heteroatoms. The largest absolute Gasteiger partial charge is 0.288 e. The molecule has 15 heavy (non-hydrogen) atoms. The average Bonchev–Trinajstić information content (AvgIpc) is 2.74. The van der Waals surface area contributed by atoms with E-state index in [9.17, 15) is 4.79 Å². The van der Waals surface area contributed by atoms with Crippen molar-refractivity contribution in [2.24, 2.45) is 0 Å². The summed E-state index contributed by atoms with van der Waals surface area (Å²) in [6.07, 6.45) is 0. The van der Waals surface area contributed by atoms with Crippen molar-refractivity contribution >= 4 is 49.0 Å². The van der Waals surface area contributed by atoms with Crippen LogP contribution >= 0.6 is 43.2 Å². The first-order valence-corrected chi connectivity index (χ1v) is 6.68. The lowest BCUT2D eigenvalue weighted by molar-refractivity contribution is 0.104. The predicted octanol–water partition coefficient (Wildman–Crippen LogP) is 4.50. The van der Waals surface area contributed by atoms with Crippen molar-refractivity contribution in [1.29, 1.82) is 0 Å². The molecule has 0 N–H and O–H groups in total. The maximum Gasteiger partial charge on any atom is 0.204 e. The van der Waals surface area contributed by atoms with Crippen LogP contribution in [-0.2, 0) is 0 Å². The Morgan fingerprint density at radius 1 is 1.20 bits per heavy atom. The summed E-state index contributed by atoms with van der Waals surface area (Å²) in [5.41, 5.74) is 0.687. The molecule has 1 aromatic carbocycles. The molecule has 2 aromatic rings. The first kappa shape index (κ1) is 11.0. The Kier molecular flexibility index (Phi) is 3.38. The highest BCUT2D eigenvalue weighted by Gasteiger charge is 2.13. The zero-order valence-electron chi connectivity index (χ0n) is 7.54. The second-order valence-electron chi connectivity index (χ2n) is 2.93. The van der Waals surface area contributed by atoms with E-state index >= 15 is 0 Å². The lowest BCUT2D eigenvalue weighted by Gasteiger charge is -2.02. The minimum atomic E-state index is 0.0539. The number of thiophene rings is 1. The summed E-state index contributed by atoms with van der Waals surface area (Å²) in [6, 6.07) is 9.30. The Balaban J connectivity index is 2.46. The summed E-state index contributed by atoms with van der Waals surface area (Å²) in [5, 5.41) is 1.90. The molecule has 1 aromatic heterocycles. The van der Waals surface area contributed by atoms with Gasteiger partial charge in [-0.2, -0.15) is 0 Å². The quantitative estimate of drug-likeness (QED) is 0.732. The molecule has 0 fully saturated rings. The molecule has 0 aliphatic carbocycles. The van der Waals surface area contributed by atoms with Crippen molar-refractivity contribution < 1.29 is 4.79 Å². The number of ketones is 1. The molecule has 0 saturated heterocycles. The molecule has 1 heterocycles. The van der Waals surface area contributed by atoms with Gasteiger partial charge in [-0.05, 0) is 29.6 Å². The molecule has 0 bridgehead atoms. The monoisotopic (exact) mass is 344 g/mol. The Morgan fingerprint density at radius 3 is 2.67 bits per heavy atom. The maximum absolute atomic E-state index is 12.0. The number of rotatable bonds is 2. The van der Waals surface area contributed by atoms with Gasteiger partial charge >= 0.3 is 0 Å². The number of halogens is 2. The van der Waals surface area contributed by atoms with E-state index in [0.29, 0.717) is 5.56 Å². The van der Waals surface area contributed by atoms with Crippen LogP contribution in [-0.4, -0.2) is 5.78 Å². The van der Waals surface area contributed by atoms with Gasteiger partial charge in [0.15, 0.2) is 0 Å². The van der Waals surface area contributed by atoms with Crippen LogP contribution in [0.15, 0.2) is 44.7 Å².